The lowest BCUT2D eigenvalue weighted by atomic mass is 10.0. The highest BCUT2D eigenvalue weighted by molar-refractivity contribution is 5.78. The molecule has 1 aliphatic heterocycles. The van der Waals surface area contributed by atoms with E-state index < -0.39 is 0 Å². The second-order valence-corrected chi connectivity index (χ2v) is 5.56. The smallest absolute Gasteiger partial charge is 0.189 e. The number of nitrogens with two attached hydrogens (primary N) is 1. The number of para-hydroxylation sites is 1. The molecule has 0 bridgehead atoms. The van der Waals surface area contributed by atoms with E-state index in [9.17, 15) is 0 Å². The summed E-state index contributed by atoms with van der Waals surface area (Å²) in [5.41, 5.74) is 9.58. The third-order valence-electron chi connectivity index (χ3n) is 3.83. The maximum Gasteiger partial charge on any atom is 0.189 e. The van der Waals surface area contributed by atoms with Crippen LogP contribution in [0.15, 0.2) is 53.5 Å². The first-order valence-corrected chi connectivity index (χ1v) is 7.56. The zero-order chi connectivity index (χ0) is 15.4. The summed E-state index contributed by atoms with van der Waals surface area (Å²) < 4.78 is 5.66. The van der Waals surface area contributed by atoms with E-state index in [4.69, 9.17) is 10.5 Å². The first-order valence-electron chi connectivity index (χ1n) is 7.56. The van der Waals surface area contributed by atoms with E-state index in [1.807, 2.05) is 18.2 Å². The van der Waals surface area contributed by atoms with Gasteiger partial charge < -0.3 is 15.8 Å². The number of nitrogens with one attached hydrogen (secondary N) is 1. The summed E-state index contributed by atoms with van der Waals surface area (Å²) in [6, 6.07) is 16.5. The molecule has 2 aromatic rings. The first kappa shape index (κ1) is 14.4. The van der Waals surface area contributed by atoms with Crippen LogP contribution in [0.1, 0.15) is 29.2 Å². The van der Waals surface area contributed by atoms with Crippen molar-refractivity contribution < 1.29 is 4.74 Å². The Balaban J connectivity index is 1.65. The highest BCUT2D eigenvalue weighted by Crippen LogP contribution is 2.31. The highest BCUT2D eigenvalue weighted by atomic mass is 16.5. The molecule has 0 spiro atoms. The molecule has 0 saturated heterocycles. The fourth-order valence-electron chi connectivity index (χ4n) is 2.59. The Bertz CT molecular complexity index is 664. The summed E-state index contributed by atoms with van der Waals surface area (Å²) in [5, 5.41) is 3.30. The molecule has 0 radical (unpaired) electrons. The van der Waals surface area contributed by atoms with Crippen molar-refractivity contribution in [3.8, 4) is 5.75 Å². The maximum atomic E-state index is 6.04. The van der Waals surface area contributed by atoms with Crippen LogP contribution < -0.4 is 15.8 Å². The Morgan fingerprint density at radius 2 is 2.00 bits per heavy atom. The molecule has 0 fully saturated rings. The van der Waals surface area contributed by atoms with Crippen molar-refractivity contribution in [1.82, 2.24) is 5.32 Å². The van der Waals surface area contributed by atoms with Crippen LogP contribution in [0.5, 0.6) is 5.75 Å². The minimum absolute atomic E-state index is 0.159. The van der Waals surface area contributed by atoms with E-state index in [1.165, 1.54) is 5.56 Å². The third kappa shape index (κ3) is 3.39. The van der Waals surface area contributed by atoms with Gasteiger partial charge in [-0.05, 0) is 18.6 Å². The summed E-state index contributed by atoms with van der Waals surface area (Å²) in [7, 11) is 0. The molecule has 0 aromatic heterocycles. The SMILES string of the molecule is Cc1ccc(CN=C(N)NC2CCOc3ccccc32)cc1. The van der Waals surface area contributed by atoms with E-state index in [2.05, 4.69) is 47.6 Å². The van der Waals surface area contributed by atoms with Gasteiger partial charge in [0.2, 0.25) is 0 Å². The van der Waals surface area contributed by atoms with Gasteiger partial charge in [0, 0.05) is 12.0 Å². The lowest BCUT2D eigenvalue weighted by Gasteiger charge is -2.26. The van der Waals surface area contributed by atoms with E-state index >= 15 is 0 Å². The molecule has 0 amide bonds. The Labute approximate surface area is 131 Å². The topological polar surface area (TPSA) is 59.6 Å². The molecule has 1 unspecified atom stereocenters. The molecule has 1 atom stereocenters. The van der Waals surface area contributed by atoms with Crippen molar-refractivity contribution in [2.75, 3.05) is 6.61 Å². The Hall–Kier alpha value is -2.49. The van der Waals surface area contributed by atoms with Gasteiger partial charge in [-0.1, -0.05) is 48.0 Å². The van der Waals surface area contributed by atoms with Gasteiger partial charge >= 0.3 is 0 Å². The molecule has 2 aromatic carbocycles. The zero-order valence-electron chi connectivity index (χ0n) is 12.8. The van der Waals surface area contributed by atoms with Crippen molar-refractivity contribution in [1.29, 1.82) is 0 Å². The number of aryl methyl sites for hydroxylation is 1. The number of guanidine groups is 1. The normalized spacial score (nSPS) is 17.5. The Morgan fingerprint density at radius 3 is 2.82 bits per heavy atom. The number of benzene rings is 2. The van der Waals surface area contributed by atoms with E-state index in [0.717, 1.165) is 23.3 Å². The standard InChI is InChI=1S/C18H21N3O/c1-13-6-8-14(9-7-13)12-20-18(19)21-16-10-11-22-17-5-3-2-4-15(16)17/h2-9,16H,10-12H2,1H3,(H3,19,20,21). The van der Waals surface area contributed by atoms with Crippen molar-refractivity contribution in [3.05, 3.63) is 65.2 Å². The van der Waals surface area contributed by atoms with Gasteiger partial charge in [0.05, 0.1) is 19.2 Å². The highest BCUT2D eigenvalue weighted by Gasteiger charge is 2.21. The number of ether oxygens (including phenoxy) is 1. The average molecular weight is 295 g/mol. The molecule has 4 heteroatoms. The van der Waals surface area contributed by atoms with Gasteiger partial charge in [0.1, 0.15) is 5.75 Å². The van der Waals surface area contributed by atoms with Crippen LogP contribution in [0.2, 0.25) is 0 Å². The van der Waals surface area contributed by atoms with E-state index in [-0.39, 0.29) is 6.04 Å². The zero-order valence-corrected chi connectivity index (χ0v) is 12.8. The van der Waals surface area contributed by atoms with Gasteiger partial charge in [0.15, 0.2) is 5.96 Å². The maximum absolute atomic E-state index is 6.04. The largest absolute Gasteiger partial charge is 0.493 e. The van der Waals surface area contributed by atoms with Crippen LogP contribution in [0.25, 0.3) is 0 Å². The van der Waals surface area contributed by atoms with Crippen molar-refractivity contribution in [2.45, 2.75) is 25.9 Å². The molecular weight excluding hydrogens is 274 g/mol. The van der Waals surface area contributed by atoms with Gasteiger partial charge in [-0.3, -0.25) is 0 Å². The average Bonchev–Trinajstić information content (AvgIpc) is 2.55. The van der Waals surface area contributed by atoms with E-state index in [1.54, 1.807) is 0 Å². The molecule has 0 aliphatic carbocycles. The number of nitrogens with zero attached hydrogens (tertiary/aromatic N) is 1. The summed E-state index contributed by atoms with van der Waals surface area (Å²) in [6.07, 6.45) is 0.887. The summed E-state index contributed by atoms with van der Waals surface area (Å²) in [4.78, 5) is 4.43. The van der Waals surface area contributed by atoms with Gasteiger partial charge in [-0.15, -0.1) is 0 Å². The van der Waals surface area contributed by atoms with Crippen LogP contribution in [0, 0.1) is 6.92 Å². The minimum atomic E-state index is 0.159. The molecule has 4 nitrogen and oxygen atoms in total. The number of hydrogen-bond donors (Lipinski definition) is 2. The molecule has 114 valence electrons. The molecular formula is C18H21N3O. The number of fused-ring (bicyclic) bond motifs is 1. The summed E-state index contributed by atoms with van der Waals surface area (Å²) in [6.45, 7) is 3.36. The Morgan fingerprint density at radius 1 is 1.23 bits per heavy atom. The fourth-order valence-corrected chi connectivity index (χ4v) is 2.59. The molecule has 22 heavy (non-hydrogen) atoms. The molecule has 1 heterocycles. The lowest BCUT2D eigenvalue weighted by Crippen LogP contribution is -2.37. The summed E-state index contributed by atoms with van der Waals surface area (Å²) in [5.74, 6) is 1.40. The predicted octanol–water partition coefficient (Wildman–Crippen LogP) is 2.92. The monoisotopic (exact) mass is 295 g/mol. The molecule has 0 saturated carbocycles. The van der Waals surface area contributed by atoms with Gasteiger partial charge in [-0.2, -0.15) is 0 Å². The van der Waals surface area contributed by atoms with Crippen LogP contribution in [0.4, 0.5) is 0 Å². The van der Waals surface area contributed by atoms with Crippen molar-refractivity contribution >= 4 is 5.96 Å². The second-order valence-electron chi connectivity index (χ2n) is 5.56. The fraction of sp³-hybridized carbons (Fsp3) is 0.278. The van der Waals surface area contributed by atoms with Crippen LogP contribution in [0.3, 0.4) is 0 Å². The molecule has 3 N–H and O–H groups in total. The predicted molar refractivity (Wildman–Crippen MR) is 88.9 cm³/mol. The molecule has 1 aliphatic rings. The van der Waals surface area contributed by atoms with Crippen molar-refractivity contribution in [3.63, 3.8) is 0 Å². The Kier molecular flexibility index (Phi) is 4.28. The lowest BCUT2D eigenvalue weighted by molar-refractivity contribution is 0.262. The second kappa shape index (κ2) is 6.52. The van der Waals surface area contributed by atoms with Crippen molar-refractivity contribution in [2.24, 2.45) is 10.7 Å². The van der Waals surface area contributed by atoms with Gasteiger partial charge in [-0.25, -0.2) is 4.99 Å². The molecule has 3 rings (SSSR count). The van der Waals surface area contributed by atoms with Crippen LogP contribution in [-0.4, -0.2) is 12.6 Å². The van der Waals surface area contributed by atoms with Crippen LogP contribution >= 0.6 is 0 Å². The van der Waals surface area contributed by atoms with Crippen LogP contribution in [-0.2, 0) is 6.54 Å². The minimum Gasteiger partial charge on any atom is -0.493 e. The van der Waals surface area contributed by atoms with Gasteiger partial charge in [0.25, 0.3) is 0 Å². The number of aliphatic imine (C=N–C) groups is 1. The number of hydrogen-bond acceptors (Lipinski definition) is 2. The quantitative estimate of drug-likeness (QED) is 0.676. The third-order valence-corrected chi connectivity index (χ3v) is 3.83. The first-order chi connectivity index (χ1) is 10.7. The van der Waals surface area contributed by atoms with E-state index in [0.29, 0.717) is 19.1 Å². The summed E-state index contributed by atoms with van der Waals surface area (Å²) >= 11 is 0. The number of rotatable bonds is 3.